The summed E-state index contributed by atoms with van der Waals surface area (Å²) in [6.45, 7) is 0.939. The van der Waals surface area contributed by atoms with Gasteiger partial charge in [0.1, 0.15) is 0 Å². The summed E-state index contributed by atoms with van der Waals surface area (Å²) in [6.07, 6.45) is 9.99. The van der Waals surface area contributed by atoms with E-state index in [-0.39, 0.29) is 6.04 Å². The maximum Gasteiger partial charge on any atom is 0.0554 e. The largest absolute Gasteiger partial charge is 0.387 e. The number of rotatable bonds is 2. The Kier molecular flexibility index (Phi) is 3.78. The van der Waals surface area contributed by atoms with E-state index in [0.717, 1.165) is 25.8 Å². The maximum atomic E-state index is 6.00. The van der Waals surface area contributed by atoms with Crippen molar-refractivity contribution in [3.8, 4) is 0 Å². The molecule has 2 aliphatic rings. The van der Waals surface area contributed by atoms with Crippen LogP contribution in [-0.2, 0) is 0 Å². The Bertz CT molecular complexity index is 339. The van der Waals surface area contributed by atoms with Gasteiger partial charge in [0.05, 0.1) is 5.70 Å². The van der Waals surface area contributed by atoms with Crippen molar-refractivity contribution >= 4 is 6.21 Å². The van der Waals surface area contributed by atoms with Crippen LogP contribution < -0.4 is 11.1 Å². The smallest absolute Gasteiger partial charge is 0.0554 e. The highest BCUT2D eigenvalue weighted by Crippen LogP contribution is 2.28. The molecule has 3 nitrogen and oxygen atoms in total. The van der Waals surface area contributed by atoms with Crippen molar-refractivity contribution in [1.29, 1.82) is 0 Å². The molecule has 1 aliphatic carbocycles. The lowest BCUT2D eigenvalue weighted by Gasteiger charge is -2.21. The third-order valence-corrected chi connectivity index (χ3v) is 3.32. The number of nitrogens with one attached hydrogen (secondary N) is 1. The molecular formula is C13H21N3. The van der Waals surface area contributed by atoms with Crippen molar-refractivity contribution in [3.63, 3.8) is 0 Å². The average molecular weight is 219 g/mol. The molecule has 0 aromatic rings. The van der Waals surface area contributed by atoms with Crippen LogP contribution in [0.3, 0.4) is 0 Å². The summed E-state index contributed by atoms with van der Waals surface area (Å²) in [5.74, 6) is 0. The molecule has 1 atom stereocenters. The Morgan fingerprint density at radius 1 is 1.38 bits per heavy atom. The van der Waals surface area contributed by atoms with Crippen LogP contribution in [0, 0.1) is 0 Å². The van der Waals surface area contributed by atoms with Gasteiger partial charge >= 0.3 is 0 Å². The molecule has 0 fully saturated rings. The zero-order chi connectivity index (χ0) is 11.4. The van der Waals surface area contributed by atoms with E-state index in [4.69, 9.17) is 5.73 Å². The van der Waals surface area contributed by atoms with Crippen LogP contribution in [0.4, 0.5) is 0 Å². The second-order valence-corrected chi connectivity index (χ2v) is 4.53. The Hall–Kier alpha value is -1.09. The van der Waals surface area contributed by atoms with E-state index < -0.39 is 0 Å². The van der Waals surface area contributed by atoms with E-state index in [1.807, 2.05) is 13.3 Å². The molecule has 16 heavy (non-hydrogen) atoms. The molecule has 2 rings (SSSR count). The van der Waals surface area contributed by atoms with Crippen molar-refractivity contribution < 1.29 is 0 Å². The fourth-order valence-corrected chi connectivity index (χ4v) is 2.47. The van der Waals surface area contributed by atoms with E-state index in [1.54, 1.807) is 0 Å². The van der Waals surface area contributed by atoms with Crippen LogP contribution in [0.5, 0.6) is 0 Å². The molecule has 0 amide bonds. The number of aliphatic imine (C=N–C) groups is 1. The zero-order valence-corrected chi connectivity index (χ0v) is 10.00. The predicted octanol–water partition coefficient (Wildman–Crippen LogP) is 1.76. The second kappa shape index (κ2) is 5.30. The summed E-state index contributed by atoms with van der Waals surface area (Å²) in [6, 6.07) is 0.245. The van der Waals surface area contributed by atoms with Crippen molar-refractivity contribution in [2.24, 2.45) is 10.7 Å². The van der Waals surface area contributed by atoms with E-state index in [2.05, 4.69) is 16.4 Å². The van der Waals surface area contributed by atoms with Crippen LogP contribution in [0.15, 0.2) is 27.9 Å². The van der Waals surface area contributed by atoms with Gasteiger partial charge in [0.25, 0.3) is 0 Å². The van der Waals surface area contributed by atoms with Crippen LogP contribution >= 0.6 is 0 Å². The average Bonchev–Trinajstić information content (AvgIpc) is 2.53. The highest BCUT2D eigenvalue weighted by Gasteiger charge is 2.16. The molecule has 0 aromatic carbocycles. The van der Waals surface area contributed by atoms with Gasteiger partial charge in [-0.1, -0.05) is 6.08 Å². The molecule has 0 radical (unpaired) electrons. The minimum Gasteiger partial charge on any atom is -0.387 e. The van der Waals surface area contributed by atoms with Crippen LogP contribution in [0.2, 0.25) is 0 Å². The first kappa shape index (κ1) is 11.4. The summed E-state index contributed by atoms with van der Waals surface area (Å²) < 4.78 is 0. The van der Waals surface area contributed by atoms with E-state index >= 15 is 0 Å². The van der Waals surface area contributed by atoms with Crippen LogP contribution in [0.25, 0.3) is 0 Å². The van der Waals surface area contributed by atoms with Crippen molar-refractivity contribution in [2.45, 2.75) is 38.1 Å². The first-order valence-corrected chi connectivity index (χ1v) is 6.18. The third kappa shape index (κ3) is 2.53. The highest BCUT2D eigenvalue weighted by atomic mass is 14.9. The van der Waals surface area contributed by atoms with E-state index in [9.17, 15) is 0 Å². The summed E-state index contributed by atoms with van der Waals surface area (Å²) >= 11 is 0. The lowest BCUT2D eigenvalue weighted by molar-refractivity contribution is 0.623. The van der Waals surface area contributed by atoms with Gasteiger partial charge in [-0.05, 0) is 43.3 Å². The number of hydrogen-bond acceptors (Lipinski definition) is 3. The maximum absolute atomic E-state index is 6.00. The first-order chi connectivity index (χ1) is 7.81. The number of hydrogen-bond donors (Lipinski definition) is 2. The van der Waals surface area contributed by atoms with Crippen molar-refractivity contribution in [2.75, 3.05) is 13.6 Å². The molecule has 1 aliphatic heterocycles. The Morgan fingerprint density at radius 3 is 3.00 bits per heavy atom. The molecule has 0 spiro atoms. The quantitative estimate of drug-likeness (QED) is 0.743. The van der Waals surface area contributed by atoms with E-state index in [1.165, 1.54) is 29.7 Å². The van der Waals surface area contributed by atoms with E-state index in [0.29, 0.717) is 0 Å². The minimum atomic E-state index is 0.245. The van der Waals surface area contributed by atoms with Gasteiger partial charge < -0.3 is 11.1 Å². The van der Waals surface area contributed by atoms with Gasteiger partial charge in [-0.25, -0.2) is 0 Å². The zero-order valence-electron chi connectivity index (χ0n) is 10.00. The van der Waals surface area contributed by atoms with Gasteiger partial charge in [0.15, 0.2) is 0 Å². The minimum absolute atomic E-state index is 0.245. The molecule has 0 saturated carbocycles. The molecule has 1 heterocycles. The van der Waals surface area contributed by atoms with Crippen LogP contribution in [0.1, 0.15) is 32.1 Å². The van der Waals surface area contributed by atoms with Crippen molar-refractivity contribution in [3.05, 3.63) is 22.9 Å². The second-order valence-electron chi connectivity index (χ2n) is 4.53. The first-order valence-electron chi connectivity index (χ1n) is 6.18. The number of nitrogens with zero attached hydrogens (tertiary/aromatic N) is 1. The lowest BCUT2D eigenvalue weighted by atomic mass is 9.88. The molecule has 3 N–H and O–H groups in total. The van der Waals surface area contributed by atoms with Gasteiger partial charge in [0, 0.05) is 25.8 Å². The molecule has 88 valence electrons. The molecule has 0 bridgehead atoms. The van der Waals surface area contributed by atoms with Crippen LogP contribution in [-0.4, -0.2) is 25.8 Å². The summed E-state index contributed by atoms with van der Waals surface area (Å²) in [7, 11) is 1.97. The standard InChI is InChI=1S/C13H21N3/c1-15-13-9-16-7-3-6-12(13)10-4-2-5-11(14)8-10/h8-9,11,15H,2-7,14H2,1H3. The normalized spacial score (nSPS) is 26.4. The molecule has 0 saturated heterocycles. The SMILES string of the molecule is CNC1=C(C2=CC(N)CCC2)CCCN=C1. The summed E-state index contributed by atoms with van der Waals surface area (Å²) in [5, 5.41) is 3.25. The molecule has 0 aromatic heterocycles. The van der Waals surface area contributed by atoms with Gasteiger partial charge in [-0.2, -0.15) is 0 Å². The predicted molar refractivity (Wildman–Crippen MR) is 68.6 cm³/mol. The fourth-order valence-electron chi connectivity index (χ4n) is 2.47. The third-order valence-electron chi connectivity index (χ3n) is 3.32. The van der Waals surface area contributed by atoms with Gasteiger partial charge in [-0.3, -0.25) is 4.99 Å². The highest BCUT2D eigenvalue weighted by molar-refractivity contribution is 5.80. The lowest BCUT2D eigenvalue weighted by Crippen LogP contribution is -2.22. The Labute approximate surface area is 97.5 Å². The summed E-state index contributed by atoms with van der Waals surface area (Å²) in [4.78, 5) is 4.38. The Balaban J connectivity index is 2.28. The molecule has 3 heteroatoms. The molecule has 1 unspecified atom stereocenters. The Morgan fingerprint density at radius 2 is 2.25 bits per heavy atom. The number of nitrogens with two attached hydrogens (primary N) is 1. The van der Waals surface area contributed by atoms with Crippen molar-refractivity contribution in [1.82, 2.24) is 5.32 Å². The monoisotopic (exact) mass is 219 g/mol. The number of allylic oxidation sites excluding steroid dienone is 3. The van der Waals surface area contributed by atoms with Gasteiger partial charge in [0.2, 0.25) is 0 Å². The topological polar surface area (TPSA) is 50.4 Å². The molecular weight excluding hydrogens is 198 g/mol. The fraction of sp³-hybridized carbons (Fsp3) is 0.615. The summed E-state index contributed by atoms with van der Waals surface area (Å²) in [5.41, 5.74) is 10.1. The van der Waals surface area contributed by atoms with Gasteiger partial charge in [-0.15, -0.1) is 0 Å².